The Kier molecular flexibility index (Phi) is 21.7. The summed E-state index contributed by atoms with van der Waals surface area (Å²) in [6.07, 6.45) is -26.0. The molecule has 0 bridgehead atoms. The van der Waals surface area contributed by atoms with Crippen molar-refractivity contribution in [3.05, 3.63) is 77.9 Å². The number of aliphatic hydroxyl groups excluding tert-OH is 9. The predicted octanol–water partition coefficient (Wildman–Crippen LogP) is -0.966. The zero-order valence-corrected chi connectivity index (χ0v) is 48.1. The number of benzene rings is 4. The van der Waals surface area contributed by atoms with Gasteiger partial charge in [0, 0.05) is 36.4 Å². The van der Waals surface area contributed by atoms with Crippen LogP contribution in [0.3, 0.4) is 0 Å². The zero-order chi connectivity index (χ0) is 66.3. The standard InChI is InChI=1S/C58H62O33/c1-78-30-9-22(10-31(79-2)44(30)67)5-7-40(63)82-19-36-46(69)49(72)52(75)56(89-36)85-25-15-27(59)26-17-35(88-58-54(77)51(74)48(71)38(91-58)21-84-42(65)18-39(61)62)55(86-29(26)16-25)24-13-28(60)43(66)34(14-24)87-57-53(76)50(73)47(70)37(90-57)20-83-41(64)8-6-23-11-32(80-3)45(68)33(12-23)81-4/h5-17,36-38,46-54,56-58,69-77H,18-21H2,1-4H3,(H5-,59,60,61,62,63,64,66,67,68)/p+1. The number of carbonyl (C=O) groups is 4. The maximum Gasteiger partial charge on any atom is 0.402 e. The Morgan fingerprint density at radius 1 is 0.462 bits per heavy atom. The Labute approximate surface area is 512 Å². The van der Waals surface area contributed by atoms with Crippen LogP contribution in [0.1, 0.15) is 17.5 Å². The van der Waals surface area contributed by atoms with Crippen LogP contribution in [0.5, 0.6) is 69.0 Å². The average molecular weight is 1290 g/mol. The van der Waals surface area contributed by atoms with Crippen LogP contribution in [0.2, 0.25) is 0 Å². The van der Waals surface area contributed by atoms with Crippen molar-refractivity contribution in [2.24, 2.45) is 0 Å². The quantitative estimate of drug-likeness (QED) is 0.00934. The smallest absolute Gasteiger partial charge is 0.402 e. The highest BCUT2D eigenvalue weighted by Crippen LogP contribution is 2.47. The highest BCUT2D eigenvalue weighted by Gasteiger charge is 2.49. The Hall–Kier alpha value is -9.23. The third kappa shape index (κ3) is 15.5. The second kappa shape index (κ2) is 29.2. The zero-order valence-electron chi connectivity index (χ0n) is 48.1. The third-order valence-corrected chi connectivity index (χ3v) is 14.2. The van der Waals surface area contributed by atoms with Gasteiger partial charge < -0.3 is 138 Å². The van der Waals surface area contributed by atoms with Crippen LogP contribution in [0.4, 0.5) is 0 Å². The van der Waals surface area contributed by atoms with Crippen LogP contribution < -0.4 is 33.2 Å². The normalized spacial score (nSPS) is 26.6. The molecule has 3 fully saturated rings. The molecule has 0 radical (unpaired) electrons. The fraction of sp³-hybridized carbons (Fsp3) is 0.397. The second-order valence-corrected chi connectivity index (χ2v) is 20.3. The molecule has 91 heavy (non-hydrogen) atoms. The van der Waals surface area contributed by atoms with E-state index in [-0.39, 0.29) is 51.0 Å². The number of fused-ring (bicyclic) bond motifs is 1. The van der Waals surface area contributed by atoms with Gasteiger partial charge in [-0.05, 0) is 47.5 Å². The molecule has 3 aliphatic heterocycles. The summed E-state index contributed by atoms with van der Waals surface area (Å²) in [4.78, 5) is 48.9. The van der Waals surface area contributed by atoms with E-state index in [0.717, 1.165) is 42.5 Å². The van der Waals surface area contributed by atoms with Crippen molar-refractivity contribution in [1.82, 2.24) is 0 Å². The molecule has 0 amide bonds. The lowest BCUT2D eigenvalue weighted by atomic mass is 9.99. The minimum Gasteiger partial charge on any atom is -0.507 e. The molecular formula is C58H63O33+. The number of ether oxygens (including phenoxy) is 13. The molecule has 0 saturated carbocycles. The summed E-state index contributed by atoms with van der Waals surface area (Å²) in [5.74, 6) is -10.5. The number of rotatable bonds is 23. The van der Waals surface area contributed by atoms with E-state index in [4.69, 9.17) is 71.1 Å². The van der Waals surface area contributed by atoms with Crippen LogP contribution in [-0.4, -0.2) is 241 Å². The Bertz CT molecular complexity index is 3470. The van der Waals surface area contributed by atoms with Crippen molar-refractivity contribution in [1.29, 1.82) is 0 Å². The van der Waals surface area contributed by atoms with E-state index >= 15 is 0 Å². The minimum absolute atomic E-state index is 0.0127. The number of phenols is 5. The van der Waals surface area contributed by atoms with E-state index in [1.807, 2.05) is 0 Å². The topological polar surface area (TPSA) is 503 Å². The Morgan fingerprint density at radius 2 is 0.879 bits per heavy atom. The summed E-state index contributed by atoms with van der Waals surface area (Å²) in [5, 5.41) is 162. The summed E-state index contributed by atoms with van der Waals surface area (Å²) in [6.45, 7) is -2.43. The fourth-order valence-electron chi connectivity index (χ4n) is 9.31. The minimum atomic E-state index is -2.16. The van der Waals surface area contributed by atoms with Gasteiger partial charge in [-0.3, -0.25) is 9.59 Å². The first kappa shape index (κ1) is 67.7. The van der Waals surface area contributed by atoms with Gasteiger partial charge >= 0.3 is 35.2 Å². The van der Waals surface area contributed by atoms with E-state index in [9.17, 15) is 90.7 Å². The monoisotopic (exact) mass is 1290 g/mol. The van der Waals surface area contributed by atoms with Gasteiger partial charge in [0.15, 0.2) is 34.5 Å². The number of hydrogen-bond donors (Lipinski definition) is 15. The molecule has 3 aliphatic rings. The maximum atomic E-state index is 12.9. The molecule has 33 nitrogen and oxygen atoms in total. The number of carboxylic acid groups (broad SMARTS) is 1. The van der Waals surface area contributed by atoms with Crippen LogP contribution in [-0.2, 0) is 47.6 Å². The molecule has 1 aromatic heterocycles. The van der Waals surface area contributed by atoms with E-state index in [1.165, 1.54) is 64.9 Å². The summed E-state index contributed by atoms with van der Waals surface area (Å²) in [6, 6.07) is 10.3. The second-order valence-electron chi connectivity index (χ2n) is 20.3. The predicted molar refractivity (Wildman–Crippen MR) is 299 cm³/mol. The van der Waals surface area contributed by atoms with Gasteiger partial charge in [-0.1, -0.05) is 0 Å². The number of aliphatic hydroxyl groups is 9. The van der Waals surface area contributed by atoms with E-state index in [0.29, 0.717) is 11.1 Å². The molecule has 15 unspecified atom stereocenters. The number of carbonyl (C=O) groups excluding carboxylic acids is 3. The molecule has 33 heteroatoms. The van der Waals surface area contributed by atoms with Gasteiger partial charge in [-0.25, -0.2) is 14.0 Å². The number of carboxylic acids is 1. The van der Waals surface area contributed by atoms with Gasteiger partial charge in [-0.2, -0.15) is 0 Å². The first-order chi connectivity index (χ1) is 43.2. The molecule has 4 heterocycles. The fourth-order valence-corrected chi connectivity index (χ4v) is 9.31. The molecule has 492 valence electrons. The van der Waals surface area contributed by atoms with Gasteiger partial charge in [0.2, 0.25) is 41.9 Å². The lowest BCUT2D eigenvalue weighted by Gasteiger charge is -2.40. The molecule has 15 N–H and O–H groups in total. The molecule has 0 spiro atoms. The van der Waals surface area contributed by atoms with E-state index in [1.54, 1.807) is 0 Å². The number of phenolic OH excluding ortho intramolecular Hbond substituents is 5. The summed E-state index contributed by atoms with van der Waals surface area (Å²) < 4.78 is 76.8. The van der Waals surface area contributed by atoms with Gasteiger partial charge in [0.05, 0.1) is 40.1 Å². The van der Waals surface area contributed by atoms with E-state index in [2.05, 4.69) is 0 Å². The van der Waals surface area contributed by atoms with Crippen molar-refractivity contribution in [3.8, 4) is 80.3 Å². The van der Waals surface area contributed by atoms with Crippen molar-refractivity contribution in [3.63, 3.8) is 0 Å². The third-order valence-electron chi connectivity index (χ3n) is 14.2. The largest absolute Gasteiger partial charge is 0.507 e. The SMILES string of the molecule is COc1cc(C=CC(=O)OCC2OC(Oc3cc(O)c4cc(OC5OC(COC(=O)CC(=O)O)C(O)C(O)C5O)c(-c5cc(O)c(O)c(OC6OC(COC(=O)C=Cc7cc(OC)c(O)c(OC)c7)C(O)C(O)C6O)c5)[o+]c4c3)C(O)C(O)C2O)cc(OC)c1O. The van der Waals surface area contributed by atoms with Crippen LogP contribution >= 0.6 is 0 Å². The van der Waals surface area contributed by atoms with Crippen molar-refractivity contribution < 1.29 is 162 Å². The number of esters is 3. The Balaban J connectivity index is 1.08. The number of aromatic hydroxyl groups is 5. The molecular weight excluding hydrogens is 1220 g/mol. The summed E-state index contributed by atoms with van der Waals surface area (Å²) in [5.41, 5.74) is -0.123. The van der Waals surface area contributed by atoms with Crippen LogP contribution in [0, 0.1) is 0 Å². The lowest BCUT2D eigenvalue weighted by molar-refractivity contribution is -0.278. The van der Waals surface area contributed by atoms with Crippen molar-refractivity contribution in [2.45, 2.75) is 98.5 Å². The highest BCUT2D eigenvalue weighted by atomic mass is 16.7. The molecule has 15 atom stereocenters. The lowest BCUT2D eigenvalue weighted by Crippen LogP contribution is -2.60. The molecule has 8 rings (SSSR count). The molecule has 0 aliphatic carbocycles. The first-order valence-corrected chi connectivity index (χ1v) is 27.0. The number of methoxy groups -OCH3 is 4. The van der Waals surface area contributed by atoms with Crippen molar-refractivity contribution >= 4 is 47.0 Å². The van der Waals surface area contributed by atoms with Crippen LogP contribution in [0.25, 0.3) is 34.4 Å². The molecule has 5 aromatic rings. The maximum absolute atomic E-state index is 12.9. The van der Waals surface area contributed by atoms with Gasteiger partial charge in [0.1, 0.15) is 116 Å². The molecule has 4 aromatic carbocycles. The highest BCUT2D eigenvalue weighted by molar-refractivity contribution is 5.91. The molecule has 3 saturated heterocycles. The summed E-state index contributed by atoms with van der Waals surface area (Å²) >= 11 is 0. The van der Waals surface area contributed by atoms with Crippen LogP contribution in [0.15, 0.2) is 71.2 Å². The van der Waals surface area contributed by atoms with Gasteiger partial charge in [0.25, 0.3) is 0 Å². The summed E-state index contributed by atoms with van der Waals surface area (Å²) in [7, 11) is 5.16. The Morgan fingerprint density at radius 3 is 1.31 bits per heavy atom. The number of aliphatic carboxylic acids is 1. The van der Waals surface area contributed by atoms with Crippen molar-refractivity contribution in [2.75, 3.05) is 48.3 Å². The number of hydrogen-bond acceptors (Lipinski definition) is 31. The average Bonchev–Trinajstić information content (AvgIpc) is 0.805. The first-order valence-electron chi connectivity index (χ1n) is 27.0. The van der Waals surface area contributed by atoms with Gasteiger partial charge in [-0.15, -0.1) is 0 Å². The van der Waals surface area contributed by atoms with E-state index < -0.39 is 182 Å².